The van der Waals surface area contributed by atoms with Gasteiger partial charge in [-0.3, -0.25) is 0 Å². The van der Waals surface area contributed by atoms with E-state index >= 15 is 0 Å². The molecule has 0 unspecified atom stereocenters. The summed E-state index contributed by atoms with van der Waals surface area (Å²) in [4.78, 5) is 4.27. The van der Waals surface area contributed by atoms with Crippen LogP contribution >= 0.6 is 0 Å². The summed E-state index contributed by atoms with van der Waals surface area (Å²) in [7, 11) is 0. The van der Waals surface area contributed by atoms with Crippen molar-refractivity contribution in [3.05, 3.63) is 54.2 Å². The maximum Gasteiger partial charge on any atom is 0.213 e. The van der Waals surface area contributed by atoms with E-state index in [0.717, 1.165) is 5.69 Å². The molecular formula is C17H20N2O. The van der Waals surface area contributed by atoms with Crippen molar-refractivity contribution >= 4 is 5.69 Å². The summed E-state index contributed by atoms with van der Waals surface area (Å²) in [6.45, 7) is 2.62. The Balaban J connectivity index is 1.51. The Bertz CT molecular complexity index is 533. The molecule has 1 aromatic carbocycles. The topological polar surface area (TPSA) is 34.1 Å². The number of benzene rings is 1. The highest BCUT2D eigenvalue weighted by Gasteiger charge is 2.29. The smallest absolute Gasteiger partial charge is 0.213 e. The van der Waals surface area contributed by atoms with Crippen molar-refractivity contribution in [3.8, 4) is 5.88 Å². The van der Waals surface area contributed by atoms with Crippen molar-refractivity contribution in [3.63, 3.8) is 0 Å². The van der Waals surface area contributed by atoms with Crippen molar-refractivity contribution < 1.29 is 4.74 Å². The molecule has 0 aliphatic heterocycles. The molecule has 0 saturated heterocycles. The summed E-state index contributed by atoms with van der Waals surface area (Å²) >= 11 is 0. The first kappa shape index (κ1) is 13.0. The minimum atomic E-state index is 0.556. The molecule has 0 amide bonds. The Kier molecular flexibility index (Phi) is 3.86. The van der Waals surface area contributed by atoms with Crippen LogP contribution in [0.25, 0.3) is 0 Å². The molecule has 20 heavy (non-hydrogen) atoms. The van der Waals surface area contributed by atoms with E-state index in [4.69, 9.17) is 4.74 Å². The molecule has 3 nitrogen and oxygen atoms in total. The first-order valence-electron chi connectivity index (χ1n) is 7.25. The van der Waals surface area contributed by atoms with Gasteiger partial charge < -0.3 is 10.1 Å². The Hall–Kier alpha value is -2.03. The Morgan fingerprint density at radius 2 is 1.95 bits per heavy atom. The number of rotatable bonds is 5. The van der Waals surface area contributed by atoms with Crippen LogP contribution in [0.4, 0.5) is 5.69 Å². The van der Waals surface area contributed by atoms with Crippen LogP contribution in [0.5, 0.6) is 5.88 Å². The molecule has 1 saturated carbocycles. The third-order valence-electron chi connectivity index (χ3n) is 3.81. The van der Waals surface area contributed by atoms with Crippen molar-refractivity contribution in [2.75, 3.05) is 11.9 Å². The molecule has 0 atom stereocenters. The number of aromatic nitrogens is 1. The van der Waals surface area contributed by atoms with Gasteiger partial charge in [0.15, 0.2) is 0 Å². The molecule has 1 heterocycles. The standard InChI is InChI=1S/C17H20N2O/c1-2-20-17-9-8-15(12-18-17)19-16-10-14(11-16)13-6-4-3-5-7-13/h3-9,12,14,16,19H,2,10-11H2,1H3. The first-order chi connectivity index (χ1) is 9.85. The lowest BCUT2D eigenvalue weighted by atomic mass is 9.76. The van der Waals surface area contributed by atoms with E-state index in [0.29, 0.717) is 24.4 Å². The molecule has 1 aliphatic rings. The predicted molar refractivity (Wildman–Crippen MR) is 81.2 cm³/mol. The van der Waals surface area contributed by atoms with Crippen molar-refractivity contribution in [1.82, 2.24) is 4.98 Å². The SMILES string of the molecule is CCOc1ccc(NC2CC(c3ccccc3)C2)cn1. The van der Waals surface area contributed by atoms with E-state index in [9.17, 15) is 0 Å². The number of ether oxygens (including phenoxy) is 1. The number of anilines is 1. The molecule has 0 radical (unpaired) electrons. The molecule has 3 heteroatoms. The zero-order valence-corrected chi connectivity index (χ0v) is 11.8. The van der Waals surface area contributed by atoms with Crippen LogP contribution in [0.3, 0.4) is 0 Å². The summed E-state index contributed by atoms with van der Waals surface area (Å²) in [6.07, 6.45) is 4.23. The molecule has 2 aromatic rings. The number of pyridine rings is 1. The average molecular weight is 268 g/mol. The Labute approximate surface area is 120 Å². The molecule has 0 spiro atoms. The van der Waals surface area contributed by atoms with Crippen LogP contribution in [0.15, 0.2) is 48.7 Å². The minimum Gasteiger partial charge on any atom is -0.478 e. The summed E-state index contributed by atoms with van der Waals surface area (Å²) in [5, 5.41) is 3.53. The van der Waals surface area contributed by atoms with Gasteiger partial charge in [-0.2, -0.15) is 0 Å². The quantitative estimate of drug-likeness (QED) is 0.894. The van der Waals surface area contributed by atoms with Crippen LogP contribution in [0.2, 0.25) is 0 Å². The van der Waals surface area contributed by atoms with Crippen molar-refractivity contribution in [2.45, 2.75) is 31.7 Å². The molecule has 1 fully saturated rings. The summed E-state index contributed by atoms with van der Waals surface area (Å²) < 4.78 is 5.34. The lowest BCUT2D eigenvalue weighted by Gasteiger charge is -2.36. The van der Waals surface area contributed by atoms with Crippen LogP contribution in [-0.2, 0) is 0 Å². The number of hydrogen-bond acceptors (Lipinski definition) is 3. The highest BCUT2D eigenvalue weighted by molar-refractivity contribution is 5.44. The number of nitrogens with zero attached hydrogens (tertiary/aromatic N) is 1. The molecule has 1 aromatic heterocycles. The van der Waals surface area contributed by atoms with Crippen molar-refractivity contribution in [1.29, 1.82) is 0 Å². The van der Waals surface area contributed by atoms with E-state index in [1.54, 1.807) is 0 Å². The molecule has 1 aliphatic carbocycles. The average Bonchev–Trinajstić information content (AvgIpc) is 2.45. The van der Waals surface area contributed by atoms with Crippen LogP contribution < -0.4 is 10.1 Å². The van der Waals surface area contributed by atoms with Gasteiger partial charge in [-0.25, -0.2) is 4.98 Å². The maximum atomic E-state index is 5.34. The molecule has 3 rings (SSSR count). The third-order valence-corrected chi connectivity index (χ3v) is 3.81. The Morgan fingerprint density at radius 1 is 1.15 bits per heavy atom. The summed E-state index contributed by atoms with van der Waals surface area (Å²) in [5.41, 5.74) is 2.53. The molecular weight excluding hydrogens is 248 g/mol. The Morgan fingerprint density at radius 3 is 2.60 bits per heavy atom. The summed E-state index contributed by atoms with van der Waals surface area (Å²) in [5.74, 6) is 1.39. The van der Waals surface area contributed by atoms with Gasteiger partial charge in [0.05, 0.1) is 18.5 Å². The fraction of sp³-hybridized carbons (Fsp3) is 0.353. The number of hydrogen-bond donors (Lipinski definition) is 1. The molecule has 1 N–H and O–H groups in total. The summed E-state index contributed by atoms with van der Waals surface area (Å²) in [6, 6.07) is 15.3. The lowest BCUT2D eigenvalue weighted by molar-refractivity contribution is 0.327. The van der Waals surface area contributed by atoms with Crippen LogP contribution in [-0.4, -0.2) is 17.6 Å². The second-order valence-electron chi connectivity index (χ2n) is 5.24. The monoisotopic (exact) mass is 268 g/mol. The van der Waals surface area contributed by atoms with Gasteiger partial charge in [0.2, 0.25) is 5.88 Å². The molecule has 0 bridgehead atoms. The van der Waals surface area contributed by atoms with Crippen LogP contribution in [0.1, 0.15) is 31.2 Å². The fourth-order valence-corrected chi connectivity index (χ4v) is 2.67. The van der Waals surface area contributed by atoms with E-state index in [2.05, 4.69) is 40.6 Å². The largest absolute Gasteiger partial charge is 0.478 e. The fourth-order valence-electron chi connectivity index (χ4n) is 2.67. The van der Waals surface area contributed by atoms with Gasteiger partial charge >= 0.3 is 0 Å². The zero-order valence-electron chi connectivity index (χ0n) is 11.8. The highest BCUT2D eigenvalue weighted by Crippen LogP contribution is 2.38. The lowest BCUT2D eigenvalue weighted by Crippen LogP contribution is -2.33. The second kappa shape index (κ2) is 5.95. The first-order valence-corrected chi connectivity index (χ1v) is 7.25. The van der Waals surface area contributed by atoms with Crippen LogP contribution in [0, 0.1) is 0 Å². The van der Waals surface area contributed by atoms with Gasteiger partial charge in [-0.1, -0.05) is 30.3 Å². The van der Waals surface area contributed by atoms with Gasteiger partial charge in [0.25, 0.3) is 0 Å². The van der Waals surface area contributed by atoms with E-state index in [1.165, 1.54) is 18.4 Å². The zero-order chi connectivity index (χ0) is 13.8. The van der Waals surface area contributed by atoms with Gasteiger partial charge in [-0.05, 0) is 37.3 Å². The van der Waals surface area contributed by atoms with Gasteiger partial charge in [0.1, 0.15) is 0 Å². The second-order valence-corrected chi connectivity index (χ2v) is 5.24. The van der Waals surface area contributed by atoms with E-state index < -0.39 is 0 Å². The third kappa shape index (κ3) is 2.93. The van der Waals surface area contributed by atoms with Gasteiger partial charge in [-0.15, -0.1) is 0 Å². The van der Waals surface area contributed by atoms with Crippen molar-refractivity contribution in [2.24, 2.45) is 0 Å². The van der Waals surface area contributed by atoms with E-state index in [1.807, 2.05) is 25.3 Å². The minimum absolute atomic E-state index is 0.556. The van der Waals surface area contributed by atoms with E-state index in [-0.39, 0.29) is 0 Å². The number of nitrogens with one attached hydrogen (secondary N) is 1. The highest BCUT2D eigenvalue weighted by atomic mass is 16.5. The molecule has 104 valence electrons. The maximum absolute atomic E-state index is 5.34. The van der Waals surface area contributed by atoms with Gasteiger partial charge in [0, 0.05) is 12.1 Å². The predicted octanol–water partition coefficient (Wildman–Crippen LogP) is 3.84. The normalized spacial score (nSPS) is 21.1.